The zero-order valence-electron chi connectivity index (χ0n) is 9.81. The van der Waals surface area contributed by atoms with Crippen LogP contribution in [-0.4, -0.2) is 42.7 Å². The summed E-state index contributed by atoms with van der Waals surface area (Å²) in [5, 5.41) is 8.06. The molecule has 17 heavy (non-hydrogen) atoms. The van der Waals surface area contributed by atoms with Gasteiger partial charge in [-0.25, -0.2) is 4.98 Å². The molecule has 2 heterocycles. The average Bonchev–Trinajstić information content (AvgIpc) is 2.82. The van der Waals surface area contributed by atoms with E-state index in [1.165, 1.54) is 0 Å². The zero-order chi connectivity index (χ0) is 12.1. The second-order valence-corrected chi connectivity index (χ2v) is 4.75. The number of aromatic nitrogens is 1. The highest BCUT2D eigenvalue weighted by Crippen LogP contribution is 2.04. The number of nitrogens with zero attached hydrogens (tertiary/aromatic N) is 1. The Morgan fingerprint density at radius 1 is 1.76 bits per heavy atom. The number of morpholine rings is 1. The van der Waals surface area contributed by atoms with Crippen molar-refractivity contribution in [3.05, 3.63) is 16.6 Å². The Morgan fingerprint density at radius 2 is 2.65 bits per heavy atom. The van der Waals surface area contributed by atoms with Crippen LogP contribution < -0.4 is 10.6 Å². The fraction of sp³-hybridized carbons (Fsp3) is 0.636. The molecule has 0 saturated carbocycles. The van der Waals surface area contributed by atoms with Crippen LogP contribution in [-0.2, 0) is 16.0 Å². The number of hydrogen-bond acceptors (Lipinski definition) is 5. The molecule has 1 fully saturated rings. The van der Waals surface area contributed by atoms with Crippen LogP contribution in [0.5, 0.6) is 0 Å². The molecule has 0 bridgehead atoms. The maximum absolute atomic E-state index is 11.9. The minimum Gasteiger partial charge on any atom is -0.375 e. The van der Waals surface area contributed by atoms with Crippen LogP contribution in [0.4, 0.5) is 0 Å². The number of carbonyl (C=O) groups is 1. The topological polar surface area (TPSA) is 63.2 Å². The van der Waals surface area contributed by atoms with Crippen LogP contribution >= 0.6 is 11.3 Å². The average molecular weight is 255 g/mol. The third-order valence-electron chi connectivity index (χ3n) is 2.76. The number of hydrogen-bond donors (Lipinski definition) is 2. The summed E-state index contributed by atoms with van der Waals surface area (Å²) < 4.78 is 5.43. The third-order valence-corrected chi connectivity index (χ3v) is 3.40. The van der Waals surface area contributed by atoms with Crippen LogP contribution in [0.25, 0.3) is 0 Å². The first-order valence-corrected chi connectivity index (χ1v) is 6.71. The number of ether oxygens (including phenoxy) is 1. The van der Waals surface area contributed by atoms with Gasteiger partial charge in [-0.2, -0.15) is 0 Å². The highest BCUT2D eigenvalue weighted by atomic mass is 32.1. The van der Waals surface area contributed by atoms with E-state index in [4.69, 9.17) is 4.74 Å². The summed E-state index contributed by atoms with van der Waals surface area (Å²) in [6, 6.07) is -0.237. The van der Waals surface area contributed by atoms with Gasteiger partial charge in [-0.05, 0) is 6.92 Å². The summed E-state index contributed by atoms with van der Waals surface area (Å²) in [7, 11) is 0. The Hall–Kier alpha value is -0.980. The number of carbonyl (C=O) groups excluding carboxylic acids is 1. The normalized spacial score (nSPS) is 24.5. The van der Waals surface area contributed by atoms with Crippen molar-refractivity contribution in [3.63, 3.8) is 0 Å². The van der Waals surface area contributed by atoms with Gasteiger partial charge in [-0.3, -0.25) is 4.79 Å². The van der Waals surface area contributed by atoms with Gasteiger partial charge < -0.3 is 15.4 Å². The van der Waals surface area contributed by atoms with E-state index in [0.29, 0.717) is 13.2 Å². The Balaban J connectivity index is 1.73. The van der Waals surface area contributed by atoms with Crippen molar-refractivity contribution in [3.8, 4) is 0 Å². The first kappa shape index (κ1) is 12.5. The molecule has 94 valence electrons. The van der Waals surface area contributed by atoms with Gasteiger partial charge in [0.05, 0.1) is 23.9 Å². The van der Waals surface area contributed by atoms with Crippen molar-refractivity contribution in [2.24, 2.45) is 0 Å². The highest BCUT2D eigenvalue weighted by Gasteiger charge is 2.27. The van der Waals surface area contributed by atoms with E-state index >= 15 is 0 Å². The van der Waals surface area contributed by atoms with Crippen molar-refractivity contribution in [1.82, 2.24) is 15.6 Å². The van der Waals surface area contributed by atoms with Crippen LogP contribution in [0.2, 0.25) is 0 Å². The fourth-order valence-corrected chi connectivity index (χ4v) is 2.40. The predicted octanol–water partition coefficient (Wildman–Crippen LogP) is 0.179. The van der Waals surface area contributed by atoms with Crippen LogP contribution in [0.15, 0.2) is 10.9 Å². The molecule has 0 aliphatic carbocycles. The first-order chi connectivity index (χ1) is 8.27. The molecule has 1 aliphatic rings. The van der Waals surface area contributed by atoms with Crippen LogP contribution in [0.1, 0.15) is 12.6 Å². The minimum absolute atomic E-state index is 0.00688. The second-order valence-electron chi connectivity index (χ2n) is 4.03. The van der Waals surface area contributed by atoms with E-state index in [2.05, 4.69) is 15.6 Å². The number of rotatable bonds is 4. The molecule has 0 radical (unpaired) electrons. The largest absolute Gasteiger partial charge is 0.375 e. The van der Waals surface area contributed by atoms with Gasteiger partial charge >= 0.3 is 0 Å². The number of thiazole rings is 1. The van der Waals surface area contributed by atoms with E-state index in [1.54, 1.807) is 16.8 Å². The van der Waals surface area contributed by atoms with Gasteiger partial charge in [0.2, 0.25) is 5.91 Å². The Bertz CT molecular complexity index is 356. The van der Waals surface area contributed by atoms with Crippen molar-refractivity contribution in [2.45, 2.75) is 25.5 Å². The van der Waals surface area contributed by atoms with Crippen molar-refractivity contribution < 1.29 is 9.53 Å². The predicted molar refractivity (Wildman–Crippen MR) is 66.0 cm³/mol. The Labute approximate surface area is 105 Å². The Morgan fingerprint density at radius 3 is 3.35 bits per heavy atom. The van der Waals surface area contributed by atoms with Crippen molar-refractivity contribution in [2.75, 3.05) is 19.7 Å². The molecule has 0 unspecified atom stereocenters. The summed E-state index contributed by atoms with van der Waals surface area (Å²) in [4.78, 5) is 16.0. The van der Waals surface area contributed by atoms with Crippen molar-refractivity contribution in [1.29, 1.82) is 0 Å². The molecule has 0 spiro atoms. The highest BCUT2D eigenvalue weighted by molar-refractivity contribution is 7.07. The SMILES string of the molecule is C[C@H]1OCCN[C@@H]1C(=O)NCCc1cscn1. The summed E-state index contributed by atoms with van der Waals surface area (Å²) in [6.45, 7) is 3.93. The summed E-state index contributed by atoms with van der Waals surface area (Å²) >= 11 is 1.57. The third kappa shape index (κ3) is 3.49. The molecule has 5 nitrogen and oxygen atoms in total. The van der Waals surface area contributed by atoms with Gasteiger partial charge in [0.1, 0.15) is 6.04 Å². The summed E-state index contributed by atoms with van der Waals surface area (Å²) in [6.07, 6.45) is 0.708. The lowest BCUT2D eigenvalue weighted by atomic mass is 10.1. The fourth-order valence-electron chi connectivity index (χ4n) is 1.81. The molecular formula is C11H17N3O2S. The number of nitrogens with one attached hydrogen (secondary N) is 2. The molecule has 2 atom stereocenters. The van der Waals surface area contributed by atoms with Gasteiger partial charge in [0.25, 0.3) is 0 Å². The minimum atomic E-state index is -0.237. The van der Waals surface area contributed by atoms with Crippen LogP contribution in [0, 0.1) is 0 Å². The molecule has 1 aromatic heterocycles. The molecule has 0 aromatic carbocycles. The van der Waals surface area contributed by atoms with Gasteiger partial charge in [-0.1, -0.05) is 0 Å². The monoisotopic (exact) mass is 255 g/mol. The zero-order valence-corrected chi connectivity index (χ0v) is 10.6. The van der Waals surface area contributed by atoms with E-state index in [-0.39, 0.29) is 18.1 Å². The van der Waals surface area contributed by atoms with Crippen molar-refractivity contribution >= 4 is 17.2 Å². The van der Waals surface area contributed by atoms with Gasteiger partial charge in [0.15, 0.2) is 0 Å². The Kier molecular flexibility index (Phi) is 4.47. The van der Waals surface area contributed by atoms with Gasteiger partial charge in [0, 0.05) is 24.9 Å². The quantitative estimate of drug-likeness (QED) is 0.805. The van der Waals surface area contributed by atoms with E-state index < -0.39 is 0 Å². The standard InChI is InChI=1S/C11H17N3O2S/c1-8-10(12-4-5-16-8)11(15)13-3-2-9-6-17-7-14-9/h6-8,10,12H,2-5H2,1H3,(H,13,15)/t8-,10+/m1/s1. The maximum Gasteiger partial charge on any atom is 0.239 e. The lowest BCUT2D eigenvalue weighted by Crippen LogP contribution is -2.55. The molecule has 1 amide bonds. The van der Waals surface area contributed by atoms with Crippen LogP contribution in [0.3, 0.4) is 0 Å². The molecule has 6 heteroatoms. The number of amides is 1. The first-order valence-electron chi connectivity index (χ1n) is 5.77. The molecule has 2 rings (SSSR count). The molecule has 1 saturated heterocycles. The summed E-state index contributed by atoms with van der Waals surface area (Å²) in [5.41, 5.74) is 2.83. The maximum atomic E-state index is 11.9. The molecule has 2 N–H and O–H groups in total. The van der Waals surface area contributed by atoms with Gasteiger partial charge in [-0.15, -0.1) is 11.3 Å². The second kappa shape index (κ2) is 6.09. The molecular weight excluding hydrogens is 238 g/mol. The lowest BCUT2D eigenvalue weighted by molar-refractivity contribution is -0.128. The van der Waals surface area contributed by atoms with E-state index in [0.717, 1.165) is 18.7 Å². The summed E-state index contributed by atoms with van der Waals surface area (Å²) in [5.74, 6) is 0.00688. The van der Waals surface area contributed by atoms with E-state index in [9.17, 15) is 4.79 Å². The lowest BCUT2D eigenvalue weighted by Gasteiger charge is -2.29. The van der Waals surface area contributed by atoms with E-state index in [1.807, 2.05) is 12.3 Å². The smallest absolute Gasteiger partial charge is 0.239 e. The molecule has 1 aromatic rings. The molecule has 1 aliphatic heterocycles.